The highest BCUT2D eigenvalue weighted by Gasteiger charge is 2.25. The molecule has 0 atom stereocenters. The maximum atomic E-state index is 14.3. The second-order valence-corrected chi connectivity index (χ2v) is 14.1. The van der Waals surface area contributed by atoms with E-state index in [0.29, 0.717) is 29.8 Å². The molecule has 1 aliphatic rings. The van der Waals surface area contributed by atoms with Gasteiger partial charge in [0.15, 0.2) is 21.4 Å². The van der Waals surface area contributed by atoms with Gasteiger partial charge in [0.2, 0.25) is 0 Å². The number of ether oxygens (including phenoxy) is 1. The van der Waals surface area contributed by atoms with Crippen molar-refractivity contribution in [1.29, 1.82) is 0 Å². The molecule has 1 amide bonds. The molecule has 0 bridgehead atoms. The van der Waals surface area contributed by atoms with E-state index >= 15 is 0 Å². The molecule has 48 heavy (non-hydrogen) atoms. The van der Waals surface area contributed by atoms with Crippen molar-refractivity contribution in [3.8, 4) is 0 Å². The number of benzene rings is 4. The van der Waals surface area contributed by atoms with Crippen LogP contribution in [0.4, 0.5) is 17.1 Å². The van der Waals surface area contributed by atoms with Crippen LogP contribution >= 0.6 is 23.2 Å². The Morgan fingerprint density at radius 1 is 0.958 bits per heavy atom. The van der Waals surface area contributed by atoms with E-state index in [1.807, 2.05) is 61.5 Å². The van der Waals surface area contributed by atoms with Gasteiger partial charge in [-0.1, -0.05) is 65.7 Å². The highest BCUT2D eigenvalue weighted by atomic mass is 35.5. The predicted molar refractivity (Wildman–Crippen MR) is 190 cm³/mol. The number of morpholine rings is 1. The maximum Gasteiger partial charge on any atom is 0.281 e. The van der Waals surface area contributed by atoms with Crippen LogP contribution in [-0.2, 0) is 25.9 Å². The summed E-state index contributed by atoms with van der Waals surface area (Å²) < 4.78 is 31.7. The van der Waals surface area contributed by atoms with Gasteiger partial charge in [-0.25, -0.2) is 13.4 Å². The zero-order valence-corrected chi connectivity index (χ0v) is 28.4. The quantitative estimate of drug-likeness (QED) is 0.195. The Morgan fingerprint density at radius 2 is 1.67 bits per heavy atom. The van der Waals surface area contributed by atoms with Crippen molar-refractivity contribution in [2.75, 3.05) is 42.8 Å². The standard InChI is InChI=1S/C35H31Cl2N5O5S/c1-22-18-24(41-14-16-47-17-15-41)12-13-28(22)38-32(35(44)39-29-19-27(37)31(20-26(29)36)48(2,45)46)33-40-34(43)25-10-6-7-11-30(25)42(33)21-23-8-4-3-5-9-23/h3-13,18-20H,14-17,21H2,1-2H3,(H,39,44). The zero-order valence-electron chi connectivity index (χ0n) is 26.1. The summed E-state index contributed by atoms with van der Waals surface area (Å²) in [6.45, 7) is 4.94. The van der Waals surface area contributed by atoms with Crippen LogP contribution in [0.3, 0.4) is 0 Å². The molecular formula is C35H31Cl2N5O5S. The minimum absolute atomic E-state index is 0.0340. The Labute approximate surface area is 287 Å². The lowest BCUT2D eigenvalue weighted by Crippen LogP contribution is -2.36. The minimum Gasteiger partial charge on any atom is -0.378 e. The third-order valence-electron chi connectivity index (χ3n) is 7.96. The van der Waals surface area contributed by atoms with E-state index in [4.69, 9.17) is 32.9 Å². The van der Waals surface area contributed by atoms with E-state index in [1.165, 1.54) is 12.1 Å². The molecule has 4 aromatic carbocycles. The SMILES string of the molecule is Cc1cc(N2CCOCC2)ccc1N=C(C(=O)Nc1cc(Cl)c(S(C)(=O)=O)cc1Cl)c1nc(=O)c2ccccc2n1Cc1ccccc1. The van der Waals surface area contributed by atoms with Crippen molar-refractivity contribution in [1.82, 2.24) is 9.55 Å². The molecule has 10 nitrogen and oxygen atoms in total. The molecule has 0 spiro atoms. The van der Waals surface area contributed by atoms with Crippen molar-refractivity contribution in [3.63, 3.8) is 0 Å². The molecule has 0 aliphatic carbocycles. The Kier molecular flexibility index (Phi) is 9.66. The molecule has 1 N–H and O–H groups in total. The molecular weight excluding hydrogens is 673 g/mol. The summed E-state index contributed by atoms with van der Waals surface area (Å²) >= 11 is 12.8. The van der Waals surface area contributed by atoms with E-state index in [9.17, 15) is 18.0 Å². The number of amides is 1. The summed E-state index contributed by atoms with van der Waals surface area (Å²) in [6.07, 6.45) is 1.01. The molecule has 246 valence electrons. The zero-order chi connectivity index (χ0) is 34.0. The number of nitrogens with zero attached hydrogens (tertiary/aromatic N) is 4. The van der Waals surface area contributed by atoms with Crippen molar-refractivity contribution in [2.24, 2.45) is 4.99 Å². The van der Waals surface area contributed by atoms with Gasteiger partial charge in [-0.2, -0.15) is 4.98 Å². The first-order valence-electron chi connectivity index (χ1n) is 15.1. The van der Waals surface area contributed by atoms with Crippen molar-refractivity contribution < 1.29 is 17.9 Å². The summed E-state index contributed by atoms with van der Waals surface area (Å²) in [6, 6.07) is 24.8. The number of fused-ring (bicyclic) bond motifs is 1. The third-order valence-corrected chi connectivity index (χ3v) is 9.83. The molecule has 6 rings (SSSR count). The summed E-state index contributed by atoms with van der Waals surface area (Å²) in [5.74, 6) is -0.701. The van der Waals surface area contributed by atoms with Gasteiger partial charge in [0.25, 0.3) is 11.5 Å². The van der Waals surface area contributed by atoms with E-state index in [-0.39, 0.29) is 38.7 Å². The third kappa shape index (κ3) is 7.14. The average molecular weight is 705 g/mol. The lowest BCUT2D eigenvalue weighted by Gasteiger charge is -2.29. The largest absolute Gasteiger partial charge is 0.378 e. The fourth-order valence-corrected chi connectivity index (χ4v) is 7.13. The number of aryl methyl sites for hydroxylation is 1. The number of carbonyl (C=O) groups excluding carboxylic acids is 1. The number of hydrogen-bond donors (Lipinski definition) is 1. The van der Waals surface area contributed by atoms with Gasteiger partial charge in [0.1, 0.15) is 0 Å². The second-order valence-electron chi connectivity index (χ2n) is 11.3. The Morgan fingerprint density at radius 3 is 2.38 bits per heavy atom. The van der Waals surface area contributed by atoms with E-state index in [2.05, 4.69) is 15.2 Å². The van der Waals surface area contributed by atoms with Crippen LogP contribution in [0.15, 0.2) is 99.6 Å². The van der Waals surface area contributed by atoms with E-state index in [1.54, 1.807) is 22.8 Å². The number of hydrogen-bond acceptors (Lipinski definition) is 8. The van der Waals surface area contributed by atoms with Crippen LogP contribution in [0.2, 0.25) is 10.0 Å². The first kappa shape index (κ1) is 33.4. The normalized spacial score (nSPS) is 13.9. The number of nitrogens with one attached hydrogen (secondary N) is 1. The number of halogens is 2. The number of aromatic nitrogens is 2. The second kappa shape index (κ2) is 13.9. The molecule has 1 aliphatic heterocycles. The molecule has 1 saturated heterocycles. The van der Waals surface area contributed by atoms with Crippen LogP contribution in [0.1, 0.15) is 17.0 Å². The van der Waals surface area contributed by atoms with E-state index < -0.39 is 21.3 Å². The first-order valence-corrected chi connectivity index (χ1v) is 17.7. The van der Waals surface area contributed by atoms with E-state index in [0.717, 1.165) is 36.2 Å². The Hall–Kier alpha value is -4.55. The number of aliphatic imine (C=N–C) groups is 1. The van der Waals surface area contributed by atoms with Gasteiger partial charge in [-0.3, -0.25) is 9.59 Å². The number of para-hydroxylation sites is 1. The van der Waals surface area contributed by atoms with Gasteiger partial charge in [-0.15, -0.1) is 0 Å². The summed E-state index contributed by atoms with van der Waals surface area (Å²) in [7, 11) is -3.69. The van der Waals surface area contributed by atoms with Crippen LogP contribution < -0.4 is 15.8 Å². The van der Waals surface area contributed by atoms with Crippen LogP contribution in [0.5, 0.6) is 0 Å². The number of sulfone groups is 1. The van der Waals surface area contributed by atoms with Crippen LogP contribution in [0, 0.1) is 6.92 Å². The molecule has 2 heterocycles. The van der Waals surface area contributed by atoms with Gasteiger partial charge in [-0.05, 0) is 60.5 Å². The number of carbonyl (C=O) groups is 1. The summed E-state index contributed by atoms with van der Waals surface area (Å²) in [5, 5.41) is 2.95. The highest BCUT2D eigenvalue weighted by molar-refractivity contribution is 7.90. The molecule has 1 fully saturated rings. The molecule has 13 heteroatoms. The Balaban J connectivity index is 1.53. The topological polar surface area (TPSA) is 123 Å². The van der Waals surface area contributed by atoms with Crippen LogP contribution in [0.25, 0.3) is 10.9 Å². The molecule has 0 unspecified atom stereocenters. The predicted octanol–water partition coefficient (Wildman–Crippen LogP) is 6.06. The first-order chi connectivity index (χ1) is 23.0. The lowest BCUT2D eigenvalue weighted by molar-refractivity contribution is -0.110. The fourth-order valence-electron chi connectivity index (χ4n) is 5.52. The fraction of sp³-hybridized carbons (Fsp3) is 0.200. The van der Waals surface area contributed by atoms with Gasteiger partial charge < -0.3 is 19.5 Å². The maximum absolute atomic E-state index is 14.3. The van der Waals surface area contributed by atoms with Crippen LogP contribution in [-0.4, -0.2) is 62.1 Å². The number of anilines is 2. The average Bonchev–Trinajstić information content (AvgIpc) is 3.07. The monoisotopic (exact) mass is 703 g/mol. The smallest absolute Gasteiger partial charge is 0.281 e. The molecule has 0 radical (unpaired) electrons. The lowest BCUT2D eigenvalue weighted by atomic mass is 10.1. The van der Waals surface area contributed by atoms with Crippen molar-refractivity contribution in [3.05, 3.63) is 122 Å². The summed E-state index contributed by atoms with van der Waals surface area (Å²) in [4.78, 5) is 39.0. The highest BCUT2D eigenvalue weighted by Crippen LogP contribution is 2.33. The number of rotatable bonds is 8. The van der Waals surface area contributed by atoms with Crippen molar-refractivity contribution >= 4 is 72.6 Å². The Bertz CT molecular complexity index is 2230. The molecule has 1 aromatic heterocycles. The minimum atomic E-state index is -3.69. The van der Waals surface area contributed by atoms with Gasteiger partial charge >= 0.3 is 0 Å². The molecule has 0 saturated carbocycles. The van der Waals surface area contributed by atoms with Gasteiger partial charge in [0, 0.05) is 31.6 Å². The van der Waals surface area contributed by atoms with Gasteiger partial charge in [0.05, 0.1) is 50.4 Å². The molecule has 5 aromatic rings. The summed E-state index contributed by atoms with van der Waals surface area (Å²) in [5.41, 5.74) is 3.13. The van der Waals surface area contributed by atoms with Crippen molar-refractivity contribution in [2.45, 2.75) is 18.4 Å².